The molecule has 0 heterocycles. The summed E-state index contributed by atoms with van der Waals surface area (Å²) in [6, 6.07) is -0.667. The lowest BCUT2D eigenvalue weighted by Crippen LogP contribution is -2.29. The van der Waals surface area contributed by atoms with Crippen molar-refractivity contribution in [2.24, 2.45) is 5.73 Å². The summed E-state index contributed by atoms with van der Waals surface area (Å²) in [6.45, 7) is 0. The molecular weight excluding hydrogens is 105 g/mol. The fourth-order valence-electron chi connectivity index (χ4n) is 0.434. The molecule has 0 spiro atoms. The molecule has 0 aromatic carbocycles. The Bertz CT molecular complexity index is 86.1. The van der Waals surface area contributed by atoms with E-state index >= 15 is 0 Å². The smallest absolute Gasteiger partial charge is 0.320 e. The lowest BCUT2D eigenvalue weighted by atomic mass is 9.98. The Morgan fingerprint density at radius 2 is 2.38 bits per heavy atom. The van der Waals surface area contributed by atoms with Crippen LogP contribution in [0.25, 0.3) is 0 Å². The van der Waals surface area contributed by atoms with Gasteiger partial charge in [-0.2, -0.15) is 0 Å². The molecule has 0 aliphatic carbocycles. The standard InChI is InChI=1S/C4H10BNO2/c5-2-1-3(6)4(7)8/h3H,1-2,5-6H2,(H,7,8). The van der Waals surface area contributed by atoms with Crippen molar-refractivity contribution in [1.29, 1.82) is 0 Å². The number of nitrogens with two attached hydrogens (primary N) is 1. The molecule has 0 aliphatic heterocycles. The zero-order chi connectivity index (χ0) is 6.57. The fourth-order valence-corrected chi connectivity index (χ4v) is 0.434. The number of carbonyl (C=O) groups is 1. The van der Waals surface area contributed by atoms with Gasteiger partial charge in [0.15, 0.2) is 0 Å². The molecule has 0 saturated carbocycles. The van der Waals surface area contributed by atoms with Crippen LogP contribution in [0.4, 0.5) is 0 Å². The van der Waals surface area contributed by atoms with Gasteiger partial charge in [-0.15, -0.1) is 0 Å². The highest BCUT2D eigenvalue weighted by Crippen LogP contribution is 1.89. The van der Waals surface area contributed by atoms with Gasteiger partial charge in [0.05, 0.1) is 0 Å². The first-order valence-corrected chi connectivity index (χ1v) is 2.67. The second kappa shape index (κ2) is 3.49. The highest BCUT2D eigenvalue weighted by Gasteiger charge is 2.07. The van der Waals surface area contributed by atoms with Crippen LogP contribution in [0.5, 0.6) is 0 Å². The number of hydrogen-bond acceptors (Lipinski definition) is 2. The summed E-state index contributed by atoms with van der Waals surface area (Å²) in [4.78, 5) is 9.96. The van der Waals surface area contributed by atoms with Crippen LogP contribution in [0.1, 0.15) is 6.42 Å². The Labute approximate surface area is 49.3 Å². The molecule has 4 heteroatoms. The molecule has 0 saturated heterocycles. The van der Waals surface area contributed by atoms with Gasteiger partial charge in [0.25, 0.3) is 0 Å². The summed E-state index contributed by atoms with van der Waals surface area (Å²) in [5.74, 6) is -0.910. The van der Waals surface area contributed by atoms with Crippen molar-refractivity contribution in [2.75, 3.05) is 0 Å². The number of hydrogen-bond donors (Lipinski definition) is 2. The van der Waals surface area contributed by atoms with E-state index in [-0.39, 0.29) is 0 Å². The number of carboxylic acids is 1. The van der Waals surface area contributed by atoms with Gasteiger partial charge in [0, 0.05) is 0 Å². The quantitative estimate of drug-likeness (QED) is 0.456. The third-order valence-electron chi connectivity index (χ3n) is 0.917. The van der Waals surface area contributed by atoms with E-state index < -0.39 is 12.0 Å². The van der Waals surface area contributed by atoms with Gasteiger partial charge >= 0.3 is 5.97 Å². The zero-order valence-electron chi connectivity index (χ0n) is 4.92. The summed E-state index contributed by atoms with van der Waals surface area (Å²) < 4.78 is 0. The van der Waals surface area contributed by atoms with E-state index in [9.17, 15) is 4.79 Å². The van der Waals surface area contributed by atoms with E-state index in [0.29, 0.717) is 6.42 Å². The molecule has 1 unspecified atom stereocenters. The summed E-state index contributed by atoms with van der Waals surface area (Å²) in [7, 11) is 1.91. The Balaban J connectivity index is 3.32. The minimum Gasteiger partial charge on any atom is -0.480 e. The molecule has 1 atom stereocenters. The topological polar surface area (TPSA) is 63.3 Å². The summed E-state index contributed by atoms with van der Waals surface area (Å²) in [6.07, 6.45) is 1.39. The van der Waals surface area contributed by atoms with Gasteiger partial charge in [-0.3, -0.25) is 4.79 Å². The number of carboxylic acid groups (broad SMARTS) is 1. The summed E-state index contributed by atoms with van der Waals surface area (Å²) in [5, 5.41) is 8.19. The predicted octanol–water partition coefficient (Wildman–Crippen LogP) is -1.16. The molecule has 8 heavy (non-hydrogen) atoms. The molecule has 0 aromatic heterocycles. The lowest BCUT2D eigenvalue weighted by Gasteiger charge is -2.00. The van der Waals surface area contributed by atoms with Crippen LogP contribution in [-0.4, -0.2) is 25.0 Å². The largest absolute Gasteiger partial charge is 0.480 e. The van der Waals surface area contributed by atoms with E-state index in [4.69, 9.17) is 10.8 Å². The van der Waals surface area contributed by atoms with Gasteiger partial charge in [-0.05, 0) is 6.42 Å². The van der Waals surface area contributed by atoms with Crippen LogP contribution in [-0.2, 0) is 4.79 Å². The molecule has 0 aromatic rings. The molecule has 0 rings (SSSR count). The highest BCUT2D eigenvalue weighted by molar-refractivity contribution is 6.08. The van der Waals surface area contributed by atoms with Crippen LogP contribution in [0.2, 0.25) is 6.32 Å². The number of aliphatic carboxylic acids is 1. The van der Waals surface area contributed by atoms with Crippen molar-refractivity contribution in [2.45, 2.75) is 18.8 Å². The van der Waals surface area contributed by atoms with Crippen molar-refractivity contribution in [3.63, 3.8) is 0 Å². The molecule has 0 radical (unpaired) electrons. The van der Waals surface area contributed by atoms with Crippen molar-refractivity contribution in [3.8, 4) is 0 Å². The average molecular weight is 115 g/mol. The van der Waals surface area contributed by atoms with Crippen LogP contribution in [0, 0.1) is 0 Å². The predicted molar refractivity (Wildman–Crippen MR) is 33.6 cm³/mol. The second-order valence-electron chi connectivity index (χ2n) is 1.73. The Morgan fingerprint density at radius 1 is 1.88 bits per heavy atom. The molecule has 0 aliphatic rings. The van der Waals surface area contributed by atoms with Crippen LogP contribution in [0.3, 0.4) is 0 Å². The van der Waals surface area contributed by atoms with Crippen molar-refractivity contribution in [1.82, 2.24) is 0 Å². The SMILES string of the molecule is BCCC(N)C(=O)O. The first kappa shape index (κ1) is 7.49. The first-order chi connectivity index (χ1) is 3.68. The van der Waals surface area contributed by atoms with Crippen molar-refractivity contribution in [3.05, 3.63) is 0 Å². The van der Waals surface area contributed by atoms with Crippen LogP contribution < -0.4 is 5.73 Å². The van der Waals surface area contributed by atoms with E-state index in [1.807, 2.05) is 7.85 Å². The van der Waals surface area contributed by atoms with Crippen molar-refractivity contribution < 1.29 is 9.90 Å². The lowest BCUT2D eigenvalue weighted by molar-refractivity contribution is -0.138. The minimum atomic E-state index is -0.910. The maximum atomic E-state index is 9.96. The summed E-state index contributed by atoms with van der Waals surface area (Å²) in [5.41, 5.74) is 5.13. The van der Waals surface area contributed by atoms with E-state index in [1.165, 1.54) is 0 Å². The van der Waals surface area contributed by atoms with E-state index in [1.54, 1.807) is 0 Å². The van der Waals surface area contributed by atoms with Crippen LogP contribution in [0.15, 0.2) is 0 Å². The summed E-state index contributed by atoms with van der Waals surface area (Å²) >= 11 is 0. The minimum absolute atomic E-state index is 0.565. The number of rotatable bonds is 3. The molecule has 3 nitrogen and oxygen atoms in total. The van der Waals surface area contributed by atoms with E-state index in [2.05, 4.69) is 0 Å². The van der Waals surface area contributed by atoms with Gasteiger partial charge < -0.3 is 10.8 Å². The molecular formula is C4H10BNO2. The average Bonchev–Trinajstić information content (AvgIpc) is 1.67. The second-order valence-corrected chi connectivity index (χ2v) is 1.73. The first-order valence-electron chi connectivity index (χ1n) is 2.67. The molecule has 46 valence electrons. The normalized spacial score (nSPS) is 13.1. The maximum Gasteiger partial charge on any atom is 0.320 e. The Morgan fingerprint density at radius 3 is 2.50 bits per heavy atom. The van der Waals surface area contributed by atoms with Crippen LogP contribution >= 0.6 is 0 Å². The molecule has 0 amide bonds. The maximum absolute atomic E-state index is 9.96. The third-order valence-corrected chi connectivity index (χ3v) is 0.917. The van der Waals surface area contributed by atoms with Gasteiger partial charge in [0.2, 0.25) is 0 Å². The Kier molecular flexibility index (Phi) is 3.27. The fraction of sp³-hybridized carbons (Fsp3) is 0.750. The zero-order valence-corrected chi connectivity index (χ0v) is 4.92. The highest BCUT2D eigenvalue weighted by atomic mass is 16.4. The molecule has 0 fully saturated rings. The molecule has 0 bridgehead atoms. The third kappa shape index (κ3) is 2.63. The van der Waals surface area contributed by atoms with Crippen molar-refractivity contribution >= 4 is 13.8 Å². The molecule has 3 N–H and O–H groups in total. The van der Waals surface area contributed by atoms with Gasteiger partial charge in [-0.25, -0.2) is 0 Å². The Hall–Kier alpha value is -0.505. The van der Waals surface area contributed by atoms with Gasteiger partial charge in [-0.1, -0.05) is 6.32 Å². The monoisotopic (exact) mass is 115 g/mol. The van der Waals surface area contributed by atoms with E-state index in [0.717, 1.165) is 6.32 Å². The van der Waals surface area contributed by atoms with Gasteiger partial charge in [0.1, 0.15) is 13.9 Å².